The molecule has 0 aromatic carbocycles. The Morgan fingerprint density at radius 1 is 1.32 bits per heavy atom. The van der Waals surface area contributed by atoms with Gasteiger partial charge >= 0.3 is 0 Å². The number of nitrogens with one attached hydrogen (secondary N) is 2. The van der Waals surface area contributed by atoms with Crippen molar-refractivity contribution in [3.8, 4) is 0 Å². The molecule has 0 bridgehead atoms. The molecule has 1 aromatic rings. The Morgan fingerprint density at radius 2 is 2.08 bits per heavy atom. The summed E-state index contributed by atoms with van der Waals surface area (Å²) in [5, 5.41) is 5.45. The van der Waals surface area contributed by atoms with Gasteiger partial charge in [-0.15, -0.1) is 0 Å². The third-order valence-electron chi connectivity index (χ3n) is 4.07. The number of amides is 3. The molecule has 3 amide bonds. The Hall–Kier alpha value is -1.96. The zero-order valence-corrected chi connectivity index (χ0v) is 15.3. The van der Waals surface area contributed by atoms with Crippen molar-refractivity contribution in [2.24, 2.45) is 0 Å². The summed E-state index contributed by atoms with van der Waals surface area (Å²) in [5.74, 6) is 0.287. The zero-order chi connectivity index (χ0) is 18.1. The van der Waals surface area contributed by atoms with Gasteiger partial charge in [-0.1, -0.05) is 0 Å². The van der Waals surface area contributed by atoms with Crippen LogP contribution in [0.2, 0.25) is 0 Å². The van der Waals surface area contributed by atoms with Crippen LogP contribution < -0.4 is 10.6 Å². The SMILES string of the molecule is CSCCC(NC(=O)c1ccco1)C(=O)NCCC(=O)N1CCCC1. The van der Waals surface area contributed by atoms with E-state index in [-0.39, 0.29) is 30.5 Å². The molecule has 1 fully saturated rings. The predicted molar refractivity (Wildman–Crippen MR) is 96.4 cm³/mol. The van der Waals surface area contributed by atoms with Gasteiger partial charge in [-0.2, -0.15) is 11.8 Å². The maximum absolute atomic E-state index is 12.4. The van der Waals surface area contributed by atoms with E-state index >= 15 is 0 Å². The topological polar surface area (TPSA) is 91.6 Å². The number of hydrogen-bond acceptors (Lipinski definition) is 5. The average Bonchev–Trinajstić information content (AvgIpc) is 3.31. The Bertz CT molecular complexity index is 570. The Kier molecular flexibility index (Phi) is 7.84. The second kappa shape index (κ2) is 10.1. The van der Waals surface area contributed by atoms with Crippen LogP contribution >= 0.6 is 11.8 Å². The Labute approximate surface area is 151 Å². The molecular weight excluding hydrogens is 342 g/mol. The standard InChI is InChI=1S/C17H25N3O4S/c1-25-12-7-13(19-17(23)14-5-4-11-24-14)16(22)18-8-6-15(21)20-9-2-3-10-20/h4-5,11,13H,2-3,6-10,12H2,1H3,(H,18,22)(H,19,23). The largest absolute Gasteiger partial charge is 0.459 e. The van der Waals surface area contributed by atoms with E-state index in [1.807, 2.05) is 11.2 Å². The maximum atomic E-state index is 12.4. The second-order valence-corrected chi connectivity index (χ2v) is 6.90. The lowest BCUT2D eigenvalue weighted by molar-refractivity contribution is -0.130. The lowest BCUT2D eigenvalue weighted by Gasteiger charge is -2.19. The van der Waals surface area contributed by atoms with Gasteiger partial charge in [0.1, 0.15) is 6.04 Å². The van der Waals surface area contributed by atoms with Gasteiger partial charge in [0.25, 0.3) is 5.91 Å². The average molecular weight is 367 g/mol. The lowest BCUT2D eigenvalue weighted by atomic mass is 10.2. The molecule has 25 heavy (non-hydrogen) atoms. The highest BCUT2D eigenvalue weighted by Crippen LogP contribution is 2.09. The first-order chi connectivity index (χ1) is 12.1. The van der Waals surface area contributed by atoms with Gasteiger partial charge in [-0.25, -0.2) is 0 Å². The van der Waals surface area contributed by atoms with Crippen molar-refractivity contribution in [1.29, 1.82) is 0 Å². The van der Waals surface area contributed by atoms with E-state index in [9.17, 15) is 14.4 Å². The summed E-state index contributed by atoms with van der Waals surface area (Å²) >= 11 is 1.60. The molecule has 1 atom stereocenters. The predicted octanol–water partition coefficient (Wildman–Crippen LogP) is 1.26. The van der Waals surface area contributed by atoms with Crippen LogP contribution in [-0.4, -0.2) is 60.3 Å². The highest BCUT2D eigenvalue weighted by molar-refractivity contribution is 7.98. The highest BCUT2D eigenvalue weighted by Gasteiger charge is 2.23. The number of carbonyl (C=O) groups is 3. The zero-order valence-electron chi connectivity index (χ0n) is 14.5. The van der Waals surface area contributed by atoms with E-state index in [0.29, 0.717) is 6.42 Å². The molecule has 1 unspecified atom stereocenters. The van der Waals surface area contributed by atoms with E-state index in [2.05, 4.69) is 10.6 Å². The van der Waals surface area contributed by atoms with E-state index < -0.39 is 11.9 Å². The monoisotopic (exact) mass is 367 g/mol. The molecular formula is C17H25N3O4S. The summed E-state index contributed by atoms with van der Waals surface area (Å²) in [5.41, 5.74) is 0. The Morgan fingerprint density at radius 3 is 2.72 bits per heavy atom. The number of nitrogens with zero attached hydrogens (tertiary/aromatic N) is 1. The van der Waals surface area contributed by atoms with Crippen molar-refractivity contribution in [2.75, 3.05) is 31.6 Å². The molecule has 2 N–H and O–H groups in total. The van der Waals surface area contributed by atoms with Gasteiger partial charge < -0.3 is 20.0 Å². The summed E-state index contributed by atoms with van der Waals surface area (Å²) in [6.45, 7) is 1.89. The number of rotatable bonds is 9. The van der Waals surface area contributed by atoms with Gasteiger partial charge in [0.15, 0.2) is 5.76 Å². The minimum absolute atomic E-state index is 0.0677. The normalized spacial score (nSPS) is 15.0. The van der Waals surface area contributed by atoms with Gasteiger partial charge in [0.05, 0.1) is 6.26 Å². The molecule has 2 rings (SSSR count). The molecule has 1 aliphatic rings. The summed E-state index contributed by atoms with van der Waals surface area (Å²) in [6.07, 6.45) is 6.25. The molecule has 0 spiro atoms. The van der Waals surface area contributed by atoms with E-state index in [0.717, 1.165) is 31.7 Å². The molecule has 1 aromatic heterocycles. The van der Waals surface area contributed by atoms with Crippen molar-refractivity contribution >= 4 is 29.5 Å². The highest BCUT2D eigenvalue weighted by atomic mass is 32.2. The fourth-order valence-electron chi connectivity index (χ4n) is 2.68. The quantitative estimate of drug-likeness (QED) is 0.686. The van der Waals surface area contributed by atoms with Gasteiger partial charge in [0.2, 0.25) is 11.8 Å². The van der Waals surface area contributed by atoms with Gasteiger partial charge in [0, 0.05) is 26.1 Å². The van der Waals surface area contributed by atoms with Crippen LogP contribution in [0.1, 0.15) is 36.2 Å². The van der Waals surface area contributed by atoms with Gasteiger partial charge in [-0.3, -0.25) is 14.4 Å². The molecule has 1 aliphatic heterocycles. The third-order valence-corrected chi connectivity index (χ3v) is 4.72. The summed E-state index contributed by atoms with van der Waals surface area (Å²) < 4.78 is 5.05. The summed E-state index contributed by atoms with van der Waals surface area (Å²) in [6, 6.07) is 2.52. The summed E-state index contributed by atoms with van der Waals surface area (Å²) in [7, 11) is 0. The van der Waals surface area contributed by atoms with E-state index in [1.54, 1.807) is 23.9 Å². The first-order valence-corrected chi connectivity index (χ1v) is 9.90. The molecule has 0 aliphatic carbocycles. The first-order valence-electron chi connectivity index (χ1n) is 8.50. The van der Waals surface area contributed by atoms with Crippen LogP contribution in [-0.2, 0) is 9.59 Å². The van der Waals surface area contributed by atoms with Crippen LogP contribution in [0.5, 0.6) is 0 Å². The molecule has 0 saturated carbocycles. The number of likely N-dealkylation sites (tertiary alicyclic amines) is 1. The van der Waals surface area contributed by atoms with Crippen LogP contribution in [0, 0.1) is 0 Å². The molecule has 1 saturated heterocycles. The molecule has 0 radical (unpaired) electrons. The maximum Gasteiger partial charge on any atom is 0.287 e. The van der Waals surface area contributed by atoms with Crippen molar-refractivity contribution in [2.45, 2.75) is 31.7 Å². The lowest BCUT2D eigenvalue weighted by Crippen LogP contribution is -2.47. The number of hydrogen-bond donors (Lipinski definition) is 2. The van der Waals surface area contributed by atoms with Crippen LogP contribution in [0.4, 0.5) is 0 Å². The van der Waals surface area contributed by atoms with E-state index in [1.165, 1.54) is 6.26 Å². The van der Waals surface area contributed by atoms with Crippen LogP contribution in [0.25, 0.3) is 0 Å². The summed E-state index contributed by atoms with van der Waals surface area (Å²) in [4.78, 5) is 38.3. The van der Waals surface area contributed by atoms with Crippen molar-refractivity contribution in [3.63, 3.8) is 0 Å². The first kappa shape index (κ1) is 19.4. The minimum atomic E-state index is -0.646. The third kappa shape index (κ3) is 6.12. The molecule has 8 heteroatoms. The van der Waals surface area contributed by atoms with Crippen LogP contribution in [0.3, 0.4) is 0 Å². The minimum Gasteiger partial charge on any atom is -0.459 e. The van der Waals surface area contributed by atoms with Crippen LogP contribution in [0.15, 0.2) is 22.8 Å². The smallest absolute Gasteiger partial charge is 0.287 e. The Balaban J connectivity index is 1.80. The van der Waals surface area contributed by atoms with Crippen molar-refractivity contribution < 1.29 is 18.8 Å². The fourth-order valence-corrected chi connectivity index (χ4v) is 3.15. The van der Waals surface area contributed by atoms with Gasteiger partial charge in [-0.05, 0) is 43.4 Å². The number of carbonyl (C=O) groups excluding carboxylic acids is 3. The molecule has 2 heterocycles. The number of thioether (sulfide) groups is 1. The molecule has 7 nitrogen and oxygen atoms in total. The van der Waals surface area contributed by atoms with Crippen molar-refractivity contribution in [3.05, 3.63) is 24.2 Å². The number of furan rings is 1. The van der Waals surface area contributed by atoms with E-state index in [4.69, 9.17) is 4.42 Å². The second-order valence-electron chi connectivity index (χ2n) is 5.91. The molecule has 138 valence electrons. The fraction of sp³-hybridized carbons (Fsp3) is 0.588. The van der Waals surface area contributed by atoms with Crippen molar-refractivity contribution in [1.82, 2.24) is 15.5 Å².